The fourth-order valence-corrected chi connectivity index (χ4v) is 1.45. The summed E-state index contributed by atoms with van der Waals surface area (Å²) in [6.45, 7) is 4.25. The number of benzene rings is 1. The summed E-state index contributed by atoms with van der Waals surface area (Å²) in [6.07, 6.45) is 0.0225. The molecule has 0 fully saturated rings. The highest BCUT2D eigenvalue weighted by Gasteiger charge is 2.17. The van der Waals surface area contributed by atoms with E-state index in [0.717, 1.165) is 18.6 Å². The van der Waals surface area contributed by atoms with E-state index in [0.29, 0.717) is 5.56 Å². The molecule has 0 radical (unpaired) electrons. The molecule has 0 bridgehead atoms. The molecular formula is C12H17FN2O3. The summed E-state index contributed by atoms with van der Waals surface area (Å²) >= 11 is 0. The van der Waals surface area contributed by atoms with E-state index in [2.05, 4.69) is 5.32 Å². The van der Waals surface area contributed by atoms with Crippen molar-refractivity contribution in [3.63, 3.8) is 0 Å². The second kappa shape index (κ2) is 6.42. The number of nitro benzene ring substituents is 1. The number of nitrogens with zero attached hydrogens (tertiary/aromatic N) is 1. The molecule has 0 spiro atoms. The number of aliphatic hydroxyl groups is 1. The predicted molar refractivity (Wildman–Crippen MR) is 65.8 cm³/mol. The van der Waals surface area contributed by atoms with Crippen molar-refractivity contribution < 1.29 is 14.4 Å². The molecule has 1 aromatic rings. The van der Waals surface area contributed by atoms with E-state index < -0.39 is 22.5 Å². The Kier molecular flexibility index (Phi) is 5.18. The Morgan fingerprint density at radius 1 is 1.56 bits per heavy atom. The number of nitrogens with one attached hydrogen (secondary N) is 1. The summed E-state index contributed by atoms with van der Waals surface area (Å²) in [4.78, 5) is 9.78. The van der Waals surface area contributed by atoms with E-state index in [4.69, 9.17) is 0 Å². The second-order valence-corrected chi connectivity index (χ2v) is 4.20. The van der Waals surface area contributed by atoms with E-state index >= 15 is 0 Å². The van der Waals surface area contributed by atoms with Gasteiger partial charge in [0.2, 0.25) is 5.82 Å². The number of hydrogen-bond donors (Lipinski definition) is 2. The molecule has 6 heteroatoms. The Hall–Kier alpha value is -1.53. The number of nitro groups is 1. The Morgan fingerprint density at radius 3 is 2.78 bits per heavy atom. The van der Waals surface area contributed by atoms with Gasteiger partial charge in [-0.25, -0.2) is 0 Å². The molecule has 0 heterocycles. The van der Waals surface area contributed by atoms with Crippen molar-refractivity contribution >= 4 is 5.69 Å². The van der Waals surface area contributed by atoms with Gasteiger partial charge in [0.25, 0.3) is 0 Å². The van der Waals surface area contributed by atoms with Crippen LogP contribution in [0.2, 0.25) is 0 Å². The molecule has 0 aliphatic rings. The van der Waals surface area contributed by atoms with Crippen LogP contribution in [-0.2, 0) is 0 Å². The summed E-state index contributed by atoms with van der Waals surface area (Å²) in [5, 5.41) is 23.5. The third-order valence-corrected chi connectivity index (χ3v) is 2.82. The minimum absolute atomic E-state index is 0.245. The van der Waals surface area contributed by atoms with Crippen molar-refractivity contribution in [2.75, 3.05) is 6.54 Å². The van der Waals surface area contributed by atoms with Gasteiger partial charge in [0.05, 0.1) is 11.0 Å². The second-order valence-electron chi connectivity index (χ2n) is 4.20. The van der Waals surface area contributed by atoms with Crippen LogP contribution in [-0.4, -0.2) is 22.6 Å². The lowest BCUT2D eigenvalue weighted by Crippen LogP contribution is -2.29. The fraction of sp³-hybridized carbons (Fsp3) is 0.500. The molecule has 5 nitrogen and oxygen atoms in total. The standard InChI is InChI=1S/C12H17FN2O3/c1-3-8(2)14-7-12(16)9-4-5-10(13)11(6-9)15(17)18/h4-6,8,12,14,16H,3,7H2,1-2H3. The first kappa shape index (κ1) is 14.5. The molecule has 0 saturated heterocycles. The van der Waals surface area contributed by atoms with Gasteiger partial charge in [-0.05, 0) is 25.0 Å². The van der Waals surface area contributed by atoms with Crippen molar-refractivity contribution in [3.8, 4) is 0 Å². The summed E-state index contributed by atoms with van der Waals surface area (Å²) in [6, 6.07) is 3.67. The van der Waals surface area contributed by atoms with Gasteiger partial charge in [0.1, 0.15) is 0 Å². The smallest absolute Gasteiger partial charge is 0.305 e. The maximum atomic E-state index is 13.1. The predicted octanol–water partition coefficient (Wildman–Crippen LogP) is 2.16. The van der Waals surface area contributed by atoms with E-state index in [-0.39, 0.29) is 12.6 Å². The highest BCUT2D eigenvalue weighted by molar-refractivity contribution is 5.37. The van der Waals surface area contributed by atoms with E-state index in [1.54, 1.807) is 0 Å². The molecule has 1 aromatic carbocycles. The van der Waals surface area contributed by atoms with Gasteiger partial charge in [-0.1, -0.05) is 13.0 Å². The first-order valence-electron chi connectivity index (χ1n) is 5.81. The third kappa shape index (κ3) is 3.75. The van der Waals surface area contributed by atoms with Crippen LogP contribution in [0.1, 0.15) is 31.9 Å². The SMILES string of the molecule is CCC(C)NCC(O)c1ccc(F)c([N+](=O)[O-])c1. The van der Waals surface area contributed by atoms with Crippen LogP contribution in [0.5, 0.6) is 0 Å². The Bertz CT molecular complexity index is 426. The van der Waals surface area contributed by atoms with Gasteiger partial charge >= 0.3 is 5.69 Å². The monoisotopic (exact) mass is 256 g/mol. The summed E-state index contributed by atoms with van der Waals surface area (Å²) in [5.74, 6) is -0.897. The Balaban J connectivity index is 2.77. The number of hydrogen-bond acceptors (Lipinski definition) is 4. The zero-order valence-electron chi connectivity index (χ0n) is 10.4. The maximum Gasteiger partial charge on any atom is 0.305 e. The number of halogens is 1. The van der Waals surface area contributed by atoms with Gasteiger partial charge in [0, 0.05) is 18.7 Å². The molecule has 0 aromatic heterocycles. The van der Waals surface area contributed by atoms with Crippen LogP contribution in [0, 0.1) is 15.9 Å². The van der Waals surface area contributed by atoms with Gasteiger partial charge in [-0.3, -0.25) is 10.1 Å². The third-order valence-electron chi connectivity index (χ3n) is 2.82. The van der Waals surface area contributed by atoms with Crippen LogP contribution in [0.4, 0.5) is 10.1 Å². The quantitative estimate of drug-likeness (QED) is 0.604. The van der Waals surface area contributed by atoms with Crippen LogP contribution >= 0.6 is 0 Å². The van der Waals surface area contributed by atoms with Crippen LogP contribution in [0.3, 0.4) is 0 Å². The zero-order valence-corrected chi connectivity index (χ0v) is 10.4. The van der Waals surface area contributed by atoms with Gasteiger partial charge in [-0.15, -0.1) is 0 Å². The van der Waals surface area contributed by atoms with Crippen molar-refractivity contribution in [1.82, 2.24) is 5.32 Å². The molecule has 0 aliphatic heterocycles. The van der Waals surface area contributed by atoms with Crippen LogP contribution < -0.4 is 5.32 Å². The molecule has 100 valence electrons. The summed E-state index contributed by atoms with van der Waals surface area (Å²) in [5.41, 5.74) is -0.283. The lowest BCUT2D eigenvalue weighted by Gasteiger charge is -2.16. The number of aliphatic hydroxyl groups excluding tert-OH is 1. The summed E-state index contributed by atoms with van der Waals surface area (Å²) in [7, 11) is 0. The normalized spacial score (nSPS) is 14.2. The summed E-state index contributed by atoms with van der Waals surface area (Å²) < 4.78 is 13.1. The highest BCUT2D eigenvalue weighted by atomic mass is 19.1. The minimum atomic E-state index is -0.897. The van der Waals surface area contributed by atoms with Crippen molar-refractivity contribution in [2.45, 2.75) is 32.4 Å². The molecule has 2 unspecified atom stereocenters. The molecular weight excluding hydrogens is 239 g/mol. The Labute approximate surface area is 105 Å². The average molecular weight is 256 g/mol. The molecule has 2 N–H and O–H groups in total. The number of rotatable bonds is 6. The van der Waals surface area contributed by atoms with Crippen LogP contribution in [0.15, 0.2) is 18.2 Å². The molecule has 0 aliphatic carbocycles. The van der Waals surface area contributed by atoms with Gasteiger partial charge < -0.3 is 10.4 Å². The maximum absolute atomic E-state index is 13.1. The topological polar surface area (TPSA) is 75.4 Å². The first-order chi connectivity index (χ1) is 8.45. The molecule has 0 saturated carbocycles. The van der Waals surface area contributed by atoms with Crippen molar-refractivity contribution in [3.05, 3.63) is 39.7 Å². The highest BCUT2D eigenvalue weighted by Crippen LogP contribution is 2.22. The van der Waals surface area contributed by atoms with Gasteiger partial charge in [-0.2, -0.15) is 4.39 Å². The van der Waals surface area contributed by atoms with Gasteiger partial charge in [0.15, 0.2) is 0 Å². The lowest BCUT2D eigenvalue weighted by molar-refractivity contribution is -0.387. The molecule has 18 heavy (non-hydrogen) atoms. The molecule has 1 rings (SSSR count). The average Bonchev–Trinajstić information content (AvgIpc) is 2.35. The minimum Gasteiger partial charge on any atom is -0.387 e. The van der Waals surface area contributed by atoms with E-state index in [9.17, 15) is 19.6 Å². The van der Waals surface area contributed by atoms with E-state index in [1.807, 2.05) is 13.8 Å². The molecule has 2 atom stereocenters. The molecule has 0 amide bonds. The lowest BCUT2D eigenvalue weighted by atomic mass is 10.1. The Morgan fingerprint density at radius 2 is 2.22 bits per heavy atom. The fourth-order valence-electron chi connectivity index (χ4n) is 1.45. The first-order valence-corrected chi connectivity index (χ1v) is 5.81. The van der Waals surface area contributed by atoms with E-state index in [1.165, 1.54) is 6.07 Å². The van der Waals surface area contributed by atoms with Crippen molar-refractivity contribution in [1.29, 1.82) is 0 Å². The van der Waals surface area contributed by atoms with Crippen molar-refractivity contribution in [2.24, 2.45) is 0 Å². The van der Waals surface area contributed by atoms with Crippen LogP contribution in [0.25, 0.3) is 0 Å². The largest absolute Gasteiger partial charge is 0.387 e. The zero-order chi connectivity index (χ0) is 13.7.